The van der Waals surface area contributed by atoms with Crippen LogP contribution in [-0.4, -0.2) is 4.92 Å². The van der Waals surface area contributed by atoms with Crippen LogP contribution >= 0.6 is 34.2 Å². The van der Waals surface area contributed by atoms with E-state index in [-0.39, 0.29) is 5.69 Å². The van der Waals surface area contributed by atoms with Crippen molar-refractivity contribution in [2.45, 2.75) is 6.92 Å². The molecule has 3 nitrogen and oxygen atoms in total. The van der Waals surface area contributed by atoms with Crippen molar-refractivity contribution in [3.05, 3.63) is 36.4 Å². The zero-order chi connectivity index (χ0) is 9.30. The van der Waals surface area contributed by atoms with Crippen molar-refractivity contribution in [1.29, 1.82) is 0 Å². The highest BCUT2D eigenvalue weighted by Gasteiger charge is 2.12. The molecule has 1 rings (SSSR count). The van der Waals surface area contributed by atoms with E-state index in [1.807, 2.05) is 22.6 Å². The van der Waals surface area contributed by atoms with E-state index in [1.54, 1.807) is 13.0 Å². The third kappa shape index (κ3) is 1.87. The van der Waals surface area contributed by atoms with E-state index in [0.29, 0.717) is 14.2 Å². The summed E-state index contributed by atoms with van der Waals surface area (Å²) in [5, 5.41) is 11.0. The number of nitro benzene ring substituents is 1. The molecule has 5 heteroatoms. The Labute approximate surface area is 88.0 Å². The molecule has 0 radical (unpaired) electrons. The van der Waals surface area contributed by atoms with Gasteiger partial charge in [-0.1, -0.05) is 11.6 Å². The molecular weight excluding hydrogens is 292 g/mol. The second-order valence-electron chi connectivity index (χ2n) is 2.31. The number of aryl methyl sites for hydroxylation is 1. The SMILES string of the molecule is Cc1cc(Cl)c(I)cc1[N+](=O)[O-]. The lowest BCUT2D eigenvalue weighted by Gasteiger charge is -1.99. The summed E-state index contributed by atoms with van der Waals surface area (Å²) in [7, 11) is 0. The van der Waals surface area contributed by atoms with Crippen LogP contribution in [0.2, 0.25) is 5.02 Å². The molecule has 0 heterocycles. The average Bonchev–Trinajstić information content (AvgIpc) is 1.96. The molecule has 1 aromatic rings. The molecule has 0 fully saturated rings. The van der Waals surface area contributed by atoms with Crippen molar-refractivity contribution in [2.24, 2.45) is 0 Å². The fourth-order valence-corrected chi connectivity index (χ4v) is 1.50. The molecule has 0 bridgehead atoms. The first-order valence-corrected chi connectivity index (χ1v) is 4.58. The van der Waals surface area contributed by atoms with E-state index < -0.39 is 4.92 Å². The molecule has 0 aliphatic carbocycles. The van der Waals surface area contributed by atoms with Crippen molar-refractivity contribution in [1.82, 2.24) is 0 Å². The van der Waals surface area contributed by atoms with Gasteiger partial charge in [0.25, 0.3) is 5.69 Å². The van der Waals surface area contributed by atoms with Gasteiger partial charge in [0, 0.05) is 15.2 Å². The van der Waals surface area contributed by atoms with Crippen molar-refractivity contribution in [3.63, 3.8) is 0 Å². The summed E-state index contributed by atoms with van der Waals surface area (Å²) < 4.78 is 0.701. The number of hydrogen-bond donors (Lipinski definition) is 0. The Morgan fingerprint density at radius 3 is 2.67 bits per heavy atom. The van der Waals surface area contributed by atoms with Crippen LogP contribution in [0.1, 0.15) is 5.56 Å². The Hall–Kier alpha value is -0.360. The Morgan fingerprint density at radius 2 is 2.17 bits per heavy atom. The Morgan fingerprint density at radius 1 is 1.58 bits per heavy atom. The zero-order valence-electron chi connectivity index (χ0n) is 6.17. The summed E-state index contributed by atoms with van der Waals surface area (Å²) in [6, 6.07) is 3.07. The third-order valence-corrected chi connectivity index (χ3v) is 2.96. The minimum Gasteiger partial charge on any atom is -0.258 e. The molecule has 0 saturated heterocycles. The summed E-state index contributed by atoms with van der Waals surface area (Å²) in [5.74, 6) is 0. The van der Waals surface area contributed by atoms with Gasteiger partial charge in [-0.25, -0.2) is 0 Å². The van der Waals surface area contributed by atoms with Crippen molar-refractivity contribution < 1.29 is 4.92 Å². The lowest BCUT2D eigenvalue weighted by molar-refractivity contribution is -0.385. The number of hydrogen-bond acceptors (Lipinski definition) is 2. The monoisotopic (exact) mass is 297 g/mol. The van der Waals surface area contributed by atoms with Crippen LogP contribution in [0, 0.1) is 20.6 Å². The lowest BCUT2D eigenvalue weighted by atomic mass is 10.2. The van der Waals surface area contributed by atoms with Gasteiger partial charge in [0.05, 0.1) is 9.95 Å². The molecule has 0 atom stereocenters. The maximum atomic E-state index is 10.4. The average molecular weight is 297 g/mol. The number of rotatable bonds is 1. The predicted octanol–water partition coefficient (Wildman–Crippen LogP) is 3.16. The number of benzene rings is 1. The van der Waals surface area contributed by atoms with Gasteiger partial charge >= 0.3 is 0 Å². The van der Waals surface area contributed by atoms with Gasteiger partial charge in [-0.3, -0.25) is 10.1 Å². The molecule has 0 saturated carbocycles. The van der Waals surface area contributed by atoms with E-state index in [9.17, 15) is 10.1 Å². The van der Waals surface area contributed by atoms with Gasteiger partial charge in [-0.15, -0.1) is 0 Å². The van der Waals surface area contributed by atoms with Crippen LogP contribution < -0.4 is 0 Å². The van der Waals surface area contributed by atoms with E-state index in [0.717, 1.165) is 0 Å². The normalized spacial score (nSPS) is 9.92. The smallest absolute Gasteiger partial charge is 0.258 e. The number of nitrogens with zero attached hydrogens (tertiary/aromatic N) is 1. The van der Waals surface area contributed by atoms with Crippen LogP contribution in [0.3, 0.4) is 0 Å². The maximum absolute atomic E-state index is 10.4. The van der Waals surface area contributed by atoms with Gasteiger partial charge < -0.3 is 0 Å². The highest BCUT2D eigenvalue weighted by Crippen LogP contribution is 2.27. The zero-order valence-corrected chi connectivity index (χ0v) is 9.09. The molecule has 0 aliphatic rings. The van der Waals surface area contributed by atoms with Gasteiger partial charge in [0.1, 0.15) is 0 Å². The fraction of sp³-hybridized carbons (Fsp3) is 0.143. The first kappa shape index (κ1) is 9.73. The molecule has 64 valence electrons. The van der Waals surface area contributed by atoms with Crippen molar-refractivity contribution >= 4 is 39.9 Å². The Bertz CT molecular complexity index is 340. The summed E-state index contributed by atoms with van der Waals surface area (Å²) in [6.07, 6.45) is 0. The lowest BCUT2D eigenvalue weighted by Crippen LogP contribution is -1.92. The molecule has 12 heavy (non-hydrogen) atoms. The molecule has 0 N–H and O–H groups in total. The van der Waals surface area contributed by atoms with Gasteiger partial charge in [0.2, 0.25) is 0 Å². The van der Waals surface area contributed by atoms with Crippen LogP contribution in [-0.2, 0) is 0 Å². The van der Waals surface area contributed by atoms with E-state index in [4.69, 9.17) is 11.6 Å². The molecule has 0 amide bonds. The minimum absolute atomic E-state index is 0.115. The second kappa shape index (κ2) is 3.57. The maximum Gasteiger partial charge on any atom is 0.273 e. The Kier molecular flexibility index (Phi) is 2.89. The first-order valence-electron chi connectivity index (χ1n) is 3.12. The second-order valence-corrected chi connectivity index (χ2v) is 3.88. The molecular formula is C7H5ClINO2. The molecule has 0 aliphatic heterocycles. The molecule has 0 spiro atoms. The molecule has 1 aromatic carbocycles. The van der Waals surface area contributed by atoms with E-state index in [2.05, 4.69) is 0 Å². The number of halogens is 2. The topological polar surface area (TPSA) is 43.1 Å². The predicted molar refractivity (Wildman–Crippen MR) is 55.6 cm³/mol. The highest BCUT2D eigenvalue weighted by molar-refractivity contribution is 14.1. The van der Waals surface area contributed by atoms with Gasteiger partial charge in [-0.2, -0.15) is 0 Å². The summed E-state index contributed by atoms with van der Waals surface area (Å²) in [4.78, 5) is 10.0. The summed E-state index contributed by atoms with van der Waals surface area (Å²) >= 11 is 7.72. The highest BCUT2D eigenvalue weighted by atomic mass is 127. The van der Waals surface area contributed by atoms with Crippen LogP contribution in [0.5, 0.6) is 0 Å². The summed E-state index contributed by atoms with van der Waals surface area (Å²) in [6.45, 7) is 1.67. The van der Waals surface area contributed by atoms with Crippen LogP contribution in [0.4, 0.5) is 5.69 Å². The standard InChI is InChI=1S/C7H5ClINO2/c1-4-2-5(8)6(9)3-7(4)10(11)12/h2-3H,1H3. The van der Waals surface area contributed by atoms with Crippen molar-refractivity contribution in [2.75, 3.05) is 0 Å². The van der Waals surface area contributed by atoms with E-state index >= 15 is 0 Å². The third-order valence-electron chi connectivity index (χ3n) is 1.44. The summed E-state index contributed by atoms with van der Waals surface area (Å²) in [5.41, 5.74) is 0.703. The number of nitro groups is 1. The Balaban J connectivity index is 3.33. The quantitative estimate of drug-likeness (QED) is 0.454. The minimum atomic E-state index is -0.409. The molecule has 0 aromatic heterocycles. The van der Waals surface area contributed by atoms with Crippen LogP contribution in [0.15, 0.2) is 12.1 Å². The van der Waals surface area contributed by atoms with Crippen molar-refractivity contribution in [3.8, 4) is 0 Å². The fourth-order valence-electron chi connectivity index (χ4n) is 0.832. The first-order chi connectivity index (χ1) is 5.52. The van der Waals surface area contributed by atoms with Crippen LogP contribution in [0.25, 0.3) is 0 Å². The van der Waals surface area contributed by atoms with Gasteiger partial charge in [-0.05, 0) is 35.6 Å². The molecule has 0 unspecified atom stereocenters. The van der Waals surface area contributed by atoms with E-state index in [1.165, 1.54) is 6.07 Å². The van der Waals surface area contributed by atoms with Gasteiger partial charge in [0.15, 0.2) is 0 Å². The largest absolute Gasteiger partial charge is 0.273 e.